The Hall–Kier alpha value is -2.49. The molecule has 0 saturated heterocycles. The molecule has 3 aromatic rings. The Labute approximate surface area is 255 Å². The zero-order valence-electron chi connectivity index (χ0n) is 22.1. The van der Waals surface area contributed by atoms with Crippen LogP contribution in [0.25, 0.3) is 0 Å². The summed E-state index contributed by atoms with van der Waals surface area (Å²) in [4.78, 5) is 28.3. The molecule has 0 heterocycles. The van der Waals surface area contributed by atoms with Gasteiger partial charge in [0.2, 0.25) is 11.8 Å². The third kappa shape index (κ3) is 7.62. The number of benzene rings is 3. The van der Waals surface area contributed by atoms with Crippen LogP contribution in [0.3, 0.4) is 0 Å². The molecule has 0 saturated carbocycles. The topological polar surface area (TPSA) is 86.8 Å². The standard InChI is InChI=1S/C28H29Cl4N3O4S/c1-4-26(28(37)33-5-2)34(16-19-8-12-22(29)24(31)14-19)27(36)17-35(20-9-13-23(30)25(32)15-20)40(38,39)21-10-6-18(3)7-11-21/h6-15,26H,4-5,16-17H2,1-3H3,(H,33,37)/t26-/m1/s1. The van der Waals surface area contributed by atoms with Gasteiger partial charge in [-0.25, -0.2) is 8.42 Å². The largest absolute Gasteiger partial charge is 0.355 e. The van der Waals surface area contributed by atoms with Crippen molar-refractivity contribution >= 4 is 73.9 Å². The van der Waals surface area contributed by atoms with Crippen molar-refractivity contribution in [2.45, 2.75) is 44.7 Å². The fraction of sp³-hybridized carbons (Fsp3) is 0.286. The zero-order chi connectivity index (χ0) is 29.6. The summed E-state index contributed by atoms with van der Waals surface area (Å²) in [6.07, 6.45) is 0.288. The van der Waals surface area contributed by atoms with Crippen molar-refractivity contribution in [3.8, 4) is 0 Å². The van der Waals surface area contributed by atoms with Crippen molar-refractivity contribution in [1.82, 2.24) is 10.2 Å². The second-order valence-corrected chi connectivity index (χ2v) is 12.5. The number of rotatable bonds is 11. The van der Waals surface area contributed by atoms with E-state index in [9.17, 15) is 18.0 Å². The highest BCUT2D eigenvalue weighted by Gasteiger charge is 2.33. The number of anilines is 1. The van der Waals surface area contributed by atoms with Crippen molar-refractivity contribution < 1.29 is 18.0 Å². The lowest BCUT2D eigenvalue weighted by Crippen LogP contribution is -2.52. The Bertz CT molecular complexity index is 1480. The number of hydrogen-bond acceptors (Lipinski definition) is 4. The molecule has 12 heteroatoms. The van der Waals surface area contributed by atoms with Crippen LogP contribution in [-0.2, 0) is 26.2 Å². The molecular formula is C28H29Cl4N3O4S. The molecule has 0 aliphatic carbocycles. The molecular weight excluding hydrogens is 616 g/mol. The van der Waals surface area contributed by atoms with Crippen molar-refractivity contribution in [1.29, 1.82) is 0 Å². The summed E-state index contributed by atoms with van der Waals surface area (Å²) in [5.74, 6) is -0.966. The first-order valence-electron chi connectivity index (χ1n) is 12.4. The number of aryl methyl sites for hydroxylation is 1. The predicted octanol–water partition coefficient (Wildman–Crippen LogP) is 6.75. The molecule has 0 aliphatic rings. The van der Waals surface area contributed by atoms with Crippen molar-refractivity contribution in [2.24, 2.45) is 0 Å². The van der Waals surface area contributed by atoms with Gasteiger partial charge >= 0.3 is 0 Å². The molecule has 3 aromatic carbocycles. The van der Waals surface area contributed by atoms with E-state index in [-0.39, 0.29) is 44.5 Å². The summed E-state index contributed by atoms with van der Waals surface area (Å²) in [5.41, 5.74) is 1.63. The summed E-state index contributed by atoms with van der Waals surface area (Å²) in [5, 5.41) is 3.74. The summed E-state index contributed by atoms with van der Waals surface area (Å²) in [7, 11) is -4.23. The second-order valence-electron chi connectivity index (χ2n) is 9.01. The fourth-order valence-corrected chi connectivity index (χ4v) is 6.07. The molecule has 0 radical (unpaired) electrons. The Morgan fingerprint density at radius 1 is 0.850 bits per heavy atom. The molecule has 3 rings (SSSR count). The monoisotopic (exact) mass is 643 g/mol. The van der Waals surface area contributed by atoms with Crippen molar-refractivity contribution in [2.75, 3.05) is 17.4 Å². The molecule has 0 spiro atoms. The molecule has 0 bridgehead atoms. The van der Waals surface area contributed by atoms with E-state index in [4.69, 9.17) is 46.4 Å². The maximum Gasteiger partial charge on any atom is 0.264 e. The van der Waals surface area contributed by atoms with E-state index in [1.165, 1.54) is 35.2 Å². The normalized spacial score (nSPS) is 12.1. The van der Waals surface area contributed by atoms with Gasteiger partial charge in [-0.05, 0) is 68.3 Å². The zero-order valence-corrected chi connectivity index (χ0v) is 26.0. The number of halogens is 4. The average molecular weight is 645 g/mol. The van der Waals surface area contributed by atoms with Crippen LogP contribution in [-0.4, -0.2) is 44.3 Å². The van der Waals surface area contributed by atoms with Gasteiger partial charge in [-0.1, -0.05) is 77.1 Å². The van der Waals surface area contributed by atoms with Gasteiger partial charge in [0, 0.05) is 13.1 Å². The highest BCUT2D eigenvalue weighted by Crippen LogP contribution is 2.31. The van der Waals surface area contributed by atoms with Crippen LogP contribution in [0.1, 0.15) is 31.4 Å². The first kappa shape index (κ1) is 32.0. The lowest BCUT2D eigenvalue weighted by Gasteiger charge is -2.33. The van der Waals surface area contributed by atoms with E-state index >= 15 is 0 Å². The van der Waals surface area contributed by atoms with Gasteiger partial charge in [-0.2, -0.15) is 0 Å². The average Bonchev–Trinajstić information content (AvgIpc) is 2.91. The van der Waals surface area contributed by atoms with Crippen LogP contribution in [0.4, 0.5) is 5.69 Å². The Balaban J connectivity index is 2.09. The lowest BCUT2D eigenvalue weighted by molar-refractivity contribution is -0.140. The van der Waals surface area contributed by atoms with Gasteiger partial charge in [0.1, 0.15) is 12.6 Å². The molecule has 2 amide bonds. The quantitative estimate of drug-likeness (QED) is 0.250. The van der Waals surface area contributed by atoms with Crippen LogP contribution in [0, 0.1) is 6.92 Å². The molecule has 0 fully saturated rings. The first-order valence-corrected chi connectivity index (χ1v) is 15.4. The number of sulfonamides is 1. The number of nitrogens with zero attached hydrogens (tertiary/aromatic N) is 2. The van der Waals surface area contributed by atoms with Crippen LogP contribution in [0.5, 0.6) is 0 Å². The van der Waals surface area contributed by atoms with Crippen LogP contribution in [0.15, 0.2) is 65.6 Å². The van der Waals surface area contributed by atoms with Crippen LogP contribution < -0.4 is 9.62 Å². The third-order valence-corrected chi connectivity index (χ3v) is 9.42. The number of hydrogen-bond donors (Lipinski definition) is 1. The Kier molecular flexibility index (Phi) is 11.1. The minimum absolute atomic E-state index is 0.00877. The van der Waals surface area contributed by atoms with E-state index in [1.54, 1.807) is 44.2 Å². The first-order chi connectivity index (χ1) is 18.9. The van der Waals surface area contributed by atoms with E-state index in [2.05, 4.69) is 5.32 Å². The predicted molar refractivity (Wildman–Crippen MR) is 162 cm³/mol. The van der Waals surface area contributed by atoms with E-state index in [0.29, 0.717) is 17.1 Å². The second kappa shape index (κ2) is 13.9. The van der Waals surface area contributed by atoms with Gasteiger partial charge in [0.15, 0.2) is 0 Å². The number of amides is 2. The highest BCUT2D eigenvalue weighted by molar-refractivity contribution is 7.92. The van der Waals surface area contributed by atoms with Gasteiger partial charge < -0.3 is 10.2 Å². The minimum atomic E-state index is -4.23. The molecule has 1 atom stereocenters. The maximum atomic E-state index is 14.0. The van der Waals surface area contributed by atoms with Gasteiger partial charge in [0.25, 0.3) is 10.0 Å². The van der Waals surface area contributed by atoms with Gasteiger partial charge in [-0.15, -0.1) is 0 Å². The van der Waals surface area contributed by atoms with E-state index in [0.717, 1.165) is 9.87 Å². The third-order valence-electron chi connectivity index (χ3n) is 6.15. The highest BCUT2D eigenvalue weighted by atomic mass is 35.5. The number of likely N-dealkylation sites (N-methyl/N-ethyl adjacent to an activating group) is 1. The number of carbonyl (C=O) groups is 2. The minimum Gasteiger partial charge on any atom is -0.355 e. The number of nitrogens with one attached hydrogen (secondary N) is 1. The SMILES string of the molecule is CCNC(=O)[C@@H](CC)N(Cc1ccc(Cl)c(Cl)c1)C(=O)CN(c1ccc(Cl)c(Cl)c1)S(=O)(=O)c1ccc(C)cc1. The molecule has 40 heavy (non-hydrogen) atoms. The van der Waals surface area contributed by atoms with E-state index < -0.39 is 28.5 Å². The molecule has 0 aromatic heterocycles. The Morgan fingerprint density at radius 2 is 1.45 bits per heavy atom. The van der Waals surface area contributed by atoms with Crippen molar-refractivity contribution in [3.63, 3.8) is 0 Å². The van der Waals surface area contributed by atoms with Crippen LogP contribution in [0.2, 0.25) is 20.1 Å². The molecule has 0 unspecified atom stereocenters. The molecule has 1 N–H and O–H groups in total. The summed E-state index contributed by atoms with van der Waals surface area (Å²) in [6.45, 7) is 5.13. The molecule has 7 nitrogen and oxygen atoms in total. The van der Waals surface area contributed by atoms with E-state index in [1.807, 2.05) is 6.92 Å². The number of carbonyl (C=O) groups excluding carboxylic acids is 2. The van der Waals surface area contributed by atoms with Crippen LogP contribution >= 0.6 is 46.4 Å². The molecule has 0 aliphatic heterocycles. The summed E-state index contributed by atoms with van der Waals surface area (Å²) >= 11 is 24.6. The fourth-order valence-electron chi connectivity index (χ4n) is 4.05. The lowest BCUT2D eigenvalue weighted by atomic mass is 10.1. The Morgan fingerprint density at radius 3 is 2.00 bits per heavy atom. The summed E-state index contributed by atoms with van der Waals surface area (Å²) in [6, 6.07) is 14.6. The van der Waals surface area contributed by atoms with Crippen molar-refractivity contribution in [3.05, 3.63) is 91.9 Å². The van der Waals surface area contributed by atoms with Gasteiger partial charge in [-0.3, -0.25) is 13.9 Å². The molecule has 214 valence electrons. The smallest absolute Gasteiger partial charge is 0.264 e. The van der Waals surface area contributed by atoms with Gasteiger partial charge in [0.05, 0.1) is 30.7 Å². The summed E-state index contributed by atoms with van der Waals surface area (Å²) < 4.78 is 28.7. The maximum absolute atomic E-state index is 14.0.